The molecule has 0 aromatic carbocycles. The van der Waals surface area contributed by atoms with E-state index in [1.165, 1.54) is 33.1 Å². The van der Waals surface area contributed by atoms with Gasteiger partial charge in [-0.15, -0.1) is 0 Å². The summed E-state index contributed by atoms with van der Waals surface area (Å²) in [7, 11) is 1.19. The van der Waals surface area contributed by atoms with Crippen LogP contribution in [0.25, 0.3) is 0 Å². The Labute approximate surface area is 359 Å². The number of esters is 4. The van der Waals surface area contributed by atoms with E-state index in [9.17, 15) is 39.6 Å². The highest BCUT2D eigenvalue weighted by Crippen LogP contribution is 2.50. The molecular weight excluding hydrogens is 792 g/mol. The maximum absolute atomic E-state index is 13.4. The molecule has 0 saturated carbocycles. The van der Waals surface area contributed by atoms with Gasteiger partial charge in [0.05, 0.1) is 55.6 Å². The van der Waals surface area contributed by atoms with Gasteiger partial charge in [-0.2, -0.15) is 0 Å². The number of hydrogen-bond donors (Lipinski definition) is 4. The molecule has 342 valence electrons. The Morgan fingerprint density at radius 1 is 0.951 bits per heavy atom. The summed E-state index contributed by atoms with van der Waals surface area (Å²) in [6, 6.07) is 0. The van der Waals surface area contributed by atoms with Gasteiger partial charge in [0.15, 0.2) is 11.9 Å². The van der Waals surface area contributed by atoms with E-state index in [-0.39, 0.29) is 37.7 Å². The first-order chi connectivity index (χ1) is 28.6. The number of ether oxygens (including phenoxy) is 7. The van der Waals surface area contributed by atoms with E-state index in [1.807, 2.05) is 26.0 Å². The SMILES string of the molecule is C/C=C1\C[C@H]2C[C@]3(O)O[C@H](C[C@H](O)CC(=O)O[C@@H]([C@@H](C)O)C[C@@H]4C/C(=C\C(=O)OC)[C@H](OC(=O)/C=C/C=C/CCC)[C@@](O)(O4)C(C)(C)/C=C/[C@@H](C1)O2)C[C@H](OC(C)=O)C3(C)C. The van der Waals surface area contributed by atoms with Crippen molar-refractivity contribution in [1.82, 2.24) is 0 Å². The molecule has 15 heteroatoms. The number of carbonyl (C=O) groups excluding carboxylic acids is 4. The van der Waals surface area contributed by atoms with Gasteiger partial charge in [0.2, 0.25) is 5.79 Å². The number of carbonyl (C=O) groups is 4. The van der Waals surface area contributed by atoms with Crippen molar-refractivity contribution in [3.8, 4) is 0 Å². The summed E-state index contributed by atoms with van der Waals surface area (Å²) in [5, 5.41) is 47.4. The van der Waals surface area contributed by atoms with Gasteiger partial charge in [-0.05, 0) is 45.1 Å². The average molecular weight is 861 g/mol. The first kappa shape index (κ1) is 50.0. The van der Waals surface area contributed by atoms with Crippen molar-refractivity contribution in [3.05, 3.63) is 59.8 Å². The van der Waals surface area contributed by atoms with Crippen molar-refractivity contribution in [2.75, 3.05) is 7.11 Å². The monoisotopic (exact) mass is 860 g/mol. The maximum Gasteiger partial charge on any atom is 0.331 e. The molecule has 11 atom stereocenters. The third-order valence-corrected chi connectivity index (χ3v) is 12.3. The zero-order chi connectivity index (χ0) is 45.3. The summed E-state index contributed by atoms with van der Waals surface area (Å²) in [4.78, 5) is 51.9. The maximum atomic E-state index is 13.4. The average Bonchev–Trinajstić information content (AvgIpc) is 3.16. The first-order valence-electron chi connectivity index (χ1n) is 21.4. The molecule has 3 saturated heterocycles. The Kier molecular flexibility index (Phi) is 17.3. The molecule has 15 nitrogen and oxygen atoms in total. The lowest BCUT2D eigenvalue weighted by Crippen LogP contribution is -2.62. The second kappa shape index (κ2) is 21.1. The number of aliphatic hydroxyl groups is 4. The topological polar surface area (TPSA) is 214 Å². The number of rotatable bonds is 8. The van der Waals surface area contributed by atoms with Crippen LogP contribution in [0, 0.1) is 10.8 Å². The molecule has 0 amide bonds. The molecule has 4 N–H and O–H groups in total. The molecule has 0 aliphatic carbocycles. The third-order valence-electron chi connectivity index (χ3n) is 12.3. The predicted octanol–water partition coefficient (Wildman–Crippen LogP) is 5.13. The van der Waals surface area contributed by atoms with Crippen molar-refractivity contribution in [2.45, 2.75) is 186 Å². The molecule has 4 heterocycles. The quantitative estimate of drug-likeness (QED) is 0.0819. The number of unbranched alkanes of at least 4 members (excludes halogenated alkanes) is 1. The Bertz CT molecular complexity index is 1710. The Morgan fingerprint density at radius 2 is 1.67 bits per heavy atom. The Hall–Kier alpha value is -3.70. The van der Waals surface area contributed by atoms with E-state index >= 15 is 0 Å². The van der Waals surface area contributed by atoms with Crippen LogP contribution in [-0.2, 0) is 52.3 Å². The highest BCUT2D eigenvalue weighted by atomic mass is 16.7. The van der Waals surface area contributed by atoms with E-state index in [4.69, 9.17) is 33.2 Å². The van der Waals surface area contributed by atoms with Crippen molar-refractivity contribution >= 4 is 23.9 Å². The van der Waals surface area contributed by atoms with Crippen LogP contribution in [0.4, 0.5) is 0 Å². The largest absolute Gasteiger partial charge is 0.466 e. The van der Waals surface area contributed by atoms with E-state index in [2.05, 4.69) is 0 Å². The van der Waals surface area contributed by atoms with Gasteiger partial charge < -0.3 is 53.6 Å². The van der Waals surface area contributed by atoms with E-state index in [0.717, 1.165) is 24.5 Å². The smallest absolute Gasteiger partial charge is 0.331 e. The standard InChI is InChI=1S/C46H68O15/c1-10-12-13-14-15-16-39(50)59-42-31(22-40(51)55-9)21-34-25-37(28(3)47)58-41(52)24-32(49)23-35-26-38(56-29(4)48)44(7,8)45(53,60-35)27-36-20-30(11-2)19-33(57-36)17-18-43(5,6)46(42,54)61-34/h11,13-18,22,28,32-38,42,47,49,53-54H,10,12,19-21,23-27H2,1-9H3/b14-13+,16-15+,18-17+,30-11-,31-22+/t28-,32+,33+,34+,35-,36+,37-,38+,42+,45+,46-/m1/s1. The number of hydrogen-bond acceptors (Lipinski definition) is 15. The number of cyclic esters (lactones) is 1. The zero-order valence-corrected chi connectivity index (χ0v) is 37.2. The van der Waals surface area contributed by atoms with Crippen LogP contribution in [0.2, 0.25) is 0 Å². The fourth-order valence-electron chi connectivity index (χ4n) is 8.47. The molecule has 0 unspecified atom stereocenters. The molecule has 0 aromatic heterocycles. The van der Waals surface area contributed by atoms with Gasteiger partial charge in [0.1, 0.15) is 12.2 Å². The van der Waals surface area contributed by atoms with Crippen molar-refractivity contribution in [1.29, 1.82) is 0 Å². The summed E-state index contributed by atoms with van der Waals surface area (Å²) < 4.78 is 41.9. The highest BCUT2D eigenvalue weighted by molar-refractivity contribution is 5.84. The lowest BCUT2D eigenvalue weighted by atomic mass is 9.70. The number of allylic oxidation sites excluding steroid dienone is 4. The summed E-state index contributed by atoms with van der Waals surface area (Å²) in [6.45, 7) is 13.4. The number of methoxy groups -OCH3 is 1. The molecule has 0 aromatic rings. The Morgan fingerprint density at radius 3 is 2.31 bits per heavy atom. The highest BCUT2D eigenvalue weighted by Gasteiger charge is 2.59. The Balaban J connectivity index is 1.84. The second-order valence-corrected chi connectivity index (χ2v) is 17.9. The summed E-state index contributed by atoms with van der Waals surface area (Å²) >= 11 is 0. The molecule has 4 aliphatic heterocycles. The van der Waals surface area contributed by atoms with E-state index < -0.39 is 108 Å². The number of fused-ring (bicyclic) bond motifs is 6. The van der Waals surface area contributed by atoms with Crippen LogP contribution in [0.5, 0.6) is 0 Å². The van der Waals surface area contributed by atoms with Crippen LogP contribution in [0.15, 0.2) is 59.8 Å². The molecule has 61 heavy (non-hydrogen) atoms. The minimum Gasteiger partial charge on any atom is -0.466 e. The molecule has 0 spiro atoms. The van der Waals surface area contributed by atoms with Gasteiger partial charge in [-0.25, -0.2) is 9.59 Å². The van der Waals surface area contributed by atoms with Gasteiger partial charge in [-0.1, -0.05) is 83.1 Å². The second-order valence-electron chi connectivity index (χ2n) is 17.9. The molecular formula is C46H68O15. The summed E-state index contributed by atoms with van der Waals surface area (Å²) in [6.07, 6.45) is 5.44. The van der Waals surface area contributed by atoms with Crippen LogP contribution < -0.4 is 0 Å². The first-order valence-corrected chi connectivity index (χ1v) is 21.4. The van der Waals surface area contributed by atoms with E-state index in [1.54, 1.807) is 45.9 Å². The van der Waals surface area contributed by atoms with Crippen LogP contribution >= 0.6 is 0 Å². The van der Waals surface area contributed by atoms with Gasteiger partial charge in [0, 0.05) is 50.2 Å². The molecule has 4 rings (SSSR count). The van der Waals surface area contributed by atoms with E-state index in [0.29, 0.717) is 12.8 Å². The van der Waals surface area contributed by atoms with Gasteiger partial charge >= 0.3 is 23.9 Å². The molecule has 6 bridgehead atoms. The van der Waals surface area contributed by atoms with Crippen LogP contribution in [-0.4, -0.2) is 118 Å². The van der Waals surface area contributed by atoms with Gasteiger partial charge in [-0.3, -0.25) is 9.59 Å². The fraction of sp³-hybridized carbons (Fsp3) is 0.696. The molecule has 3 fully saturated rings. The van der Waals surface area contributed by atoms with Gasteiger partial charge in [0.25, 0.3) is 0 Å². The van der Waals surface area contributed by atoms with Crippen molar-refractivity contribution < 1.29 is 72.8 Å². The normalized spacial score (nSPS) is 37.1. The molecule has 4 aliphatic rings. The lowest BCUT2D eigenvalue weighted by Gasteiger charge is -2.53. The zero-order valence-electron chi connectivity index (χ0n) is 37.2. The fourth-order valence-corrected chi connectivity index (χ4v) is 8.47. The predicted molar refractivity (Wildman–Crippen MR) is 222 cm³/mol. The van der Waals surface area contributed by atoms with Crippen LogP contribution in [0.1, 0.15) is 120 Å². The van der Waals surface area contributed by atoms with Crippen LogP contribution in [0.3, 0.4) is 0 Å². The van der Waals surface area contributed by atoms with Crippen molar-refractivity contribution in [3.63, 3.8) is 0 Å². The summed E-state index contributed by atoms with van der Waals surface area (Å²) in [5.74, 6) is -7.32. The minimum absolute atomic E-state index is 0.0524. The lowest BCUT2D eigenvalue weighted by molar-refractivity contribution is -0.348. The van der Waals surface area contributed by atoms with Crippen molar-refractivity contribution in [2.24, 2.45) is 10.8 Å². The third kappa shape index (κ3) is 12.7. The number of aliphatic hydroxyl groups excluding tert-OH is 2. The molecule has 0 radical (unpaired) electrons. The minimum atomic E-state index is -2.38. The summed E-state index contributed by atoms with van der Waals surface area (Å²) in [5.41, 5.74) is -1.38.